The largest absolute Gasteiger partial charge is 0.416 e. The molecule has 0 amide bonds. The minimum Gasteiger partial charge on any atom is -0.225 e. The van der Waals surface area contributed by atoms with E-state index in [1.165, 1.54) is 16.8 Å². The molecule has 0 saturated carbocycles. The summed E-state index contributed by atoms with van der Waals surface area (Å²) in [5.74, 6) is 0.474. The highest BCUT2D eigenvalue weighted by atomic mass is 19.4. The van der Waals surface area contributed by atoms with E-state index in [0.717, 1.165) is 6.07 Å². The van der Waals surface area contributed by atoms with Gasteiger partial charge in [-0.1, -0.05) is 18.2 Å². The summed E-state index contributed by atoms with van der Waals surface area (Å²) in [6, 6.07) is 5.39. The SMILES string of the molecule is Cc1nnnn1Cc1ccccc1C(F)(F)F. The van der Waals surface area contributed by atoms with Gasteiger partial charge in [0.1, 0.15) is 5.82 Å². The van der Waals surface area contributed by atoms with Crippen LogP contribution in [0.3, 0.4) is 0 Å². The van der Waals surface area contributed by atoms with E-state index in [4.69, 9.17) is 0 Å². The first-order chi connectivity index (χ1) is 7.98. The van der Waals surface area contributed by atoms with E-state index in [2.05, 4.69) is 15.5 Å². The summed E-state index contributed by atoms with van der Waals surface area (Å²) >= 11 is 0. The number of benzene rings is 1. The molecular formula is C10H9F3N4. The molecule has 2 aromatic rings. The van der Waals surface area contributed by atoms with Gasteiger partial charge in [-0.3, -0.25) is 0 Å². The zero-order chi connectivity index (χ0) is 12.5. The molecule has 90 valence electrons. The Balaban J connectivity index is 2.37. The van der Waals surface area contributed by atoms with Crippen LogP contribution in [-0.2, 0) is 12.7 Å². The predicted molar refractivity (Wildman–Crippen MR) is 53.1 cm³/mol. The van der Waals surface area contributed by atoms with Crippen LogP contribution in [0, 0.1) is 6.92 Å². The maximum atomic E-state index is 12.7. The van der Waals surface area contributed by atoms with Crippen molar-refractivity contribution >= 4 is 0 Å². The van der Waals surface area contributed by atoms with Crippen molar-refractivity contribution < 1.29 is 13.2 Å². The van der Waals surface area contributed by atoms with E-state index in [9.17, 15) is 13.2 Å². The van der Waals surface area contributed by atoms with Gasteiger partial charge in [-0.15, -0.1) is 5.10 Å². The van der Waals surface area contributed by atoms with Crippen molar-refractivity contribution in [2.24, 2.45) is 0 Å². The highest BCUT2D eigenvalue weighted by Gasteiger charge is 2.32. The number of aromatic nitrogens is 4. The zero-order valence-corrected chi connectivity index (χ0v) is 8.94. The third-order valence-corrected chi connectivity index (χ3v) is 2.35. The van der Waals surface area contributed by atoms with Crippen LogP contribution < -0.4 is 0 Å². The molecule has 0 N–H and O–H groups in total. The summed E-state index contributed by atoms with van der Waals surface area (Å²) in [7, 11) is 0. The Hall–Kier alpha value is -1.92. The standard InChI is InChI=1S/C10H9F3N4/c1-7-14-15-16-17(7)6-8-4-2-3-5-9(8)10(11,12)13/h2-5H,6H2,1H3. The Morgan fingerprint density at radius 2 is 1.94 bits per heavy atom. The van der Waals surface area contributed by atoms with Gasteiger partial charge in [0.15, 0.2) is 0 Å². The summed E-state index contributed by atoms with van der Waals surface area (Å²) in [5, 5.41) is 10.6. The fourth-order valence-electron chi connectivity index (χ4n) is 1.49. The number of alkyl halides is 3. The first-order valence-corrected chi connectivity index (χ1v) is 4.86. The molecule has 1 heterocycles. The molecule has 0 spiro atoms. The number of aryl methyl sites for hydroxylation is 1. The Morgan fingerprint density at radius 3 is 2.53 bits per heavy atom. The summed E-state index contributed by atoms with van der Waals surface area (Å²) < 4.78 is 39.5. The Bertz CT molecular complexity index is 518. The molecule has 1 aromatic carbocycles. The fourth-order valence-corrected chi connectivity index (χ4v) is 1.49. The van der Waals surface area contributed by atoms with Crippen LogP contribution in [0.5, 0.6) is 0 Å². The van der Waals surface area contributed by atoms with Crippen LogP contribution in [0.1, 0.15) is 17.0 Å². The highest BCUT2D eigenvalue weighted by molar-refractivity contribution is 5.29. The number of hydrogen-bond donors (Lipinski definition) is 0. The third-order valence-electron chi connectivity index (χ3n) is 2.35. The normalized spacial score (nSPS) is 11.8. The maximum Gasteiger partial charge on any atom is 0.416 e. The van der Waals surface area contributed by atoms with Crippen LogP contribution in [0.4, 0.5) is 13.2 Å². The molecule has 0 fully saturated rings. The molecule has 0 aliphatic carbocycles. The third kappa shape index (κ3) is 2.43. The summed E-state index contributed by atoms with van der Waals surface area (Å²) in [4.78, 5) is 0. The van der Waals surface area contributed by atoms with E-state index in [1.54, 1.807) is 13.0 Å². The molecule has 2 rings (SSSR count). The predicted octanol–water partition coefficient (Wildman–Crippen LogP) is 2.05. The maximum absolute atomic E-state index is 12.7. The van der Waals surface area contributed by atoms with Gasteiger partial charge in [0.25, 0.3) is 0 Å². The van der Waals surface area contributed by atoms with Crippen molar-refractivity contribution in [1.29, 1.82) is 0 Å². The first kappa shape index (κ1) is 11.6. The average Bonchev–Trinajstić information content (AvgIpc) is 2.64. The second kappa shape index (κ2) is 4.15. The van der Waals surface area contributed by atoms with Crippen molar-refractivity contribution in [3.05, 3.63) is 41.2 Å². The second-order valence-corrected chi connectivity index (χ2v) is 3.54. The monoisotopic (exact) mass is 242 g/mol. The van der Waals surface area contributed by atoms with Gasteiger partial charge in [-0.05, 0) is 29.0 Å². The fraction of sp³-hybridized carbons (Fsp3) is 0.300. The lowest BCUT2D eigenvalue weighted by atomic mass is 10.1. The van der Waals surface area contributed by atoms with E-state index in [0.29, 0.717) is 5.82 Å². The van der Waals surface area contributed by atoms with Crippen molar-refractivity contribution in [2.75, 3.05) is 0 Å². The lowest BCUT2D eigenvalue weighted by Crippen LogP contribution is -2.13. The molecular weight excluding hydrogens is 233 g/mol. The summed E-state index contributed by atoms with van der Waals surface area (Å²) in [6.45, 7) is 1.64. The first-order valence-electron chi connectivity index (χ1n) is 4.86. The average molecular weight is 242 g/mol. The van der Waals surface area contributed by atoms with Crippen LogP contribution in [-0.4, -0.2) is 20.2 Å². The minimum absolute atomic E-state index is 0.00845. The van der Waals surface area contributed by atoms with E-state index in [1.807, 2.05) is 0 Å². The van der Waals surface area contributed by atoms with Crippen molar-refractivity contribution in [1.82, 2.24) is 20.2 Å². The van der Waals surface area contributed by atoms with Crippen molar-refractivity contribution in [2.45, 2.75) is 19.6 Å². The van der Waals surface area contributed by atoms with Gasteiger partial charge in [0.2, 0.25) is 0 Å². The number of rotatable bonds is 2. The molecule has 0 aliphatic rings. The van der Waals surface area contributed by atoms with Gasteiger partial charge in [0, 0.05) is 0 Å². The van der Waals surface area contributed by atoms with Gasteiger partial charge in [0.05, 0.1) is 12.1 Å². The van der Waals surface area contributed by atoms with Gasteiger partial charge in [-0.25, -0.2) is 4.68 Å². The van der Waals surface area contributed by atoms with Crippen LogP contribution in [0.15, 0.2) is 24.3 Å². The van der Waals surface area contributed by atoms with Crippen molar-refractivity contribution in [3.8, 4) is 0 Å². The lowest BCUT2D eigenvalue weighted by Gasteiger charge is -2.12. The summed E-state index contributed by atoms with van der Waals surface area (Å²) in [6.07, 6.45) is -4.36. The van der Waals surface area contributed by atoms with E-state index >= 15 is 0 Å². The molecule has 0 saturated heterocycles. The smallest absolute Gasteiger partial charge is 0.225 e. The molecule has 0 bridgehead atoms. The van der Waals surface area contributed by atoms with Crippen LogP contribution >= 0.6 is 0 Å². The zero-order valence-electron chi connectivity index (χ0n) is 8.94. The Morgan fingerprint density at radius 1 is 1.24 bits per heavy atom. The van der Waals surface area contributed by atoms with Crippen LogP contribution in [0.25, 0.3) is 0 Å². The molecule has 0 unspecified atom stereocenters. The second-order valence-electron chi connectivity index (χ2n) is 3.54. The quantitative estimate of drug-likeness (QED) is 0.809. The molecule has 0 aliphatic heterocycles. The number of halogens is 3. The molecule has 0 radical (unpaired) electrons. The van der Waals surface area contributed by atoms with Crippen molar-refractivity contribution in [3.63, 3.8) is 0 Å². The topological polar surface area (TPSA) is 43.6 Å². The Labute approximate surface area is 95.1 Å². The highest BCUT2D eigenvalue weighted by Crippen LogP contribution is 2.32. The molecule has 17 heavy (non-hydrogen) atoms. The molecule has 0 atom stereocenters. The van der Waals surface area contributed by atoms with E-state index in [-0.39, 0.29) is 12.1 Å². The Kier molecular flexibility index (Phi) is 2.83. The molecule has 1 aromatic heterocycles. The summed E-state index contributed by atoms with van der Waals surface area (Å²) in [5.41, 5.74) is -0.509. The van der Waals surface area contributed by atoms with Crippen LogP contribution in [0.2, 0.25) is 0 Å². The van der Waals surface area contributed by atoms with Gasteiger partial charge < -0.3 is 0 Å². The number of hydrogen-bond acceptors (Lipinski definition) is 3. The van der Waals surface area contributed by atoms with E-state index < -0.39 is 11.7 Å². The number of nitrogens with zero attached hydrogens (tertiary/aromatic N) is 4. The number of tetrazole rings is 1. The molecule has 7 heteroatoms. The van der Waals surface area contributed by atoms with Gasteiger partial charge >= 0.3 is 6.18 Å². The van der Waals surface area contributed by atoms with Gasteiger partial charge in [-0.2, -0.15) is 13.2 Å². The molecule has 4 nitrogen and oxygen atoms in total. The lowest BCUT2D eigenvalue weighted by molar-refractivity contribution is -0.138. The minimum atomic E-state index is -4.36.